The number of hydrogen-bond donors (Lipinski definition) is 0. The zero-order valence-electron chi connectivity index (χ0n) is 13.7. The van der Waals surface area contributed by atoms with E-state index in [1.54, 1.807) is 6.07 Å². The molecule has 24 heavy (non-hydrogen) atoms. The van der Waals surface area contributed by atoms with Gasteiger partial charge in [0.05, 0.1) is 12.0 Å². The maximum atomic E-state index is 14.9. The second-order valence-electron chi connectivity index (χ2n) is 6.69. The summed E-state index contributed by atoms with van der Waals surface area (Å²) < 4.78 is 35.3. The zero-order chi connectivity index (χ0) is 16.8. The zero-order valence-corrected chi connectivity index (χ0v) is 13.7. The molecule has 0 aromatic heterocycles. The van der Waals surface area contributed by atoms with Gasteiger partial charge in [0.15, 0.2) is 11.6 Å². The lowest BCUT2D eigenvalue weighted by molar-refractivity contribution is 0.236. The minimum absolute atomic E-state index is 0.257. The molecular weight excluding hydrogens is 306 g/mol. The highest BCUT2D eigenvalue weighted by Crippen LogP contribution is 2.40. The van der Waals surface area contributed by atoms with Crippen molar-refractivity contribution in [1.82, 2.24) is 0 Å². The maximum Gasteiger partial charge on any atom is 0.171 e. The van der Waals surface area contributed by atoms with E-state index in [-0.39, 0.29) is 10.9 Å². The Labute approximate surface area is 139 Å². The minimum Gasteiger partial charge on any atom is -0.492 e. The summed E-state index contributed by atoms with van der Waals surface area (Å²) in [4.78, 5) is 0. The SMILES string of the molecule is Cc1ccc(-c2cc3ccc4c(c3c(F)c2F)OCC(C)C4)cc1. The molecule has 1 unspecified atom stereocenters. The lowest BCUT2D eigenvalue weighted by Crippen LogP contribution is -2.18. The smallest absolute Gasteiger partial charge is 0.171 e. The van der Waals surface area contributed by atoms with Crippen LogP contribution in [0.25, 0.3) is 21.9 Å². The molecule has 4 rings (SSSR count). The predicted molar refractivity (Wildman–Crippen MR) is 92.4 cm³/mol. The van der Waals surface area contributed by atoms with Crippen molar-refractivity contribution in [3.63, 3.8) is 0 Å². The van der Waals surface area contributed by atoms with E-state index in [1.807, 2.05) is 43.3 Å². The van der Waals surface area contributed by atoms with Crippen molar-refractivity contribution >= 4 is 10.8 Å². The molecule has 1 atom stereocenters. The van der Waals surface area contributed by atoms with E-state index < -0.39 is 11.6 Å². The summed E-state index contributed by atoms with van der Waals surface area (Å²) in [5, 5.41) is 0.922. The van der Waals surface area contributed by atoms with Gasteiger partial charge in [0.25, 0.3) is 0 Å². The summed E-state index contributed by atoms with van der Waals surface area (Å²) >= 11 is 0. The Hall–Kier alpha value is -2.42. The summed E-state index contributed by atoms with van der Waals surface area (Å²) in [7, 11) is 0. The fourth-order valence-electron chi connectivity index (χ4n) is 3.36. The Kier molecular flexibility index (Phi) is 3.52. The molecule has 0 aliphatic carbocycles. The molecule has 1 aliphatic rings. The van der Waals surface area contributed by atoms with Crippen LogP contribution in [0.3, 0.4) is 0 Å². The monoisotopic (exact) mass is 324 g/mol. The Morgan fingerprint density at radius 3 is 2.50 bits per heavy atom. The summed E-state index contributed by atoms with van der Waals surface area (Å²) in [6, 6.07) is 13.0. The van der Waals surface area contributed by atoms with E-state index in [1.165, 1.54) is 0 Å². The van der Waals surface area contributed by atoms with Gasteiger partial charge in [0.2, 0.25) is 0 Å². The van der Waals surface area contributed by atoms with Crippen molar-refractivity contribution in [2.45, 2.75) is 20.3 Å². The standard InChI is InChI=1S/C21H18F2O/c1-12-3-5-14(6-4-12)17-10-15-7-8-16-9-13(2)11-24-21(16)18(15)20(23)19(17)22/h3-8,10,13H,9,11H2,1-2H3. The second-order valence-corrected chi connectivity index (χ2v) is 6.69. The lowest BCUT2D eigenvalue weighted by atomic mass is 9.93. The van der Waals surface area contributed by atoms with Crippen LogP contribution in [0.5, 0.6) is 5.75 Å². The molecule has 0 bridgehead atoms. The fraction of sp³-hybridized carbons (Fsp3) is 0.238. The molecule has 0 N–H and O–H groups in total. The van der Waals surface area contributed by atoms with Crippen LogP contribution >= 0.6 is 0 Å². The van der Waals surface area contributed by atoms with Crippen molar-refractivity contribution in [2.24, 2.45) is 5.92 Å². The molecule has 1 nitrogen and oxygen atoms in total. The number of rotatable bonds is 1. The highest BCUT2D eigenvalue weighted by atomic mass is 19.2. The lowest BCUT2D eigenvalue weighted by Gasteiger charge is -2.24. The van der Waals surface area contributed by atoms with Gasteiger partial charge in [-0.3, -0.25) is 0 Å². The van der Waals surface area contributed by atoms with Crippen LogP contribution in [0, 0.1) is 24.5 Å². The number of benzene rings is 3. The van der Waals surface area contributed by atoms with Crippen molar-refractivity contribution in [3.05, 3.63) is 65.2 Å². The highest BCUT2D eigenvalue weighted by Gasteiger charge is 2.23. The Morgan fingerprint density at radius 1 is 1.00 bits per heavy atom. The number of fused-ring (bicyclic) bond motifs is 3. The quantitative estimate of drug-likeness (QED) is 0.561. The van der Waals surface area contributed by atoms with Gasteiger partial charge < -0.3 is 4.74 Å². The van der Waals surface area contributed by atoms with Gasteiger partial charge in [-0.1, -0.05) is 48.9 Å². The second kappa shape index (κ2) is 5.59. The molecule has 0 saturated carbocycles. The molecule has 0 amide bonds. The van der Waals surface area contributed by atoms with Gasteiger partial charge in [-0.2, -0.15) is 0 Å². The Balaban J connectivity index is 1.95. The van der Waals surface area contributed by atoms with Gasteiger partial charge in [0, 0.05) is 5.56 Å². The number of halogens is 2. The number of ether oxygens (including phenoxy) is 1. The topological polar surface area (TPSA) is 9.23 Å². The van der Waals surface area contributed by atoms with Gasteiger partial charge >= 0.3 is 0 Å². The van der Waals surface area contributed by atoms with Crippen molar-refractivity contribution in [2.75, 3.05) is 6.61 Å². The van der Waals surface area contributed by atoms with Crippen molar-refractivity contribution in [1.29, 1.82) is 0 Å². The summed E-state index contributed by atoms with van der Waals surface area (Å²) in [6.07, 6.45) is 0.825. The molecule has 1 aliphatic heterocycles. The predicted octanol–water partition coefficient (Wildman–Crippen LogP) is 5.66. The van der Waals surface area contributed by atoms with Crippen LogP contribution in [0.4, 0.5) is 8.78 Å². The maximum absolute atomic E-state index is 14.9. The Bertz CT molecular complexity index is 929. The van der Waals surface area contributed by atoms with Crippen molar-refractivity contribution in [3.8, 4) is 16.9 Å². The third-order valence-electron chi connectivity index (χ3n) is 4.66. The average molecular weight is 324 g/mol. The van der Waals surface area contributed by atoms with E-state index in [0.717, 1.165) is 17.5 Å². The largest absolute Gasteiger partial charge is 0.492 e. The van der Waals surface area contributed by atoms with E-state index in [4.69, 9.17) is 4.74 Å². The third-order valence-corrected chi connectivity index (χ3v) is 4.66. The summed E-state index contributed by atoms with van der Waals surface area (Å²) in [5.74, 6) is -0.761. The van der Waals surface area contributed by atoms with Crippen LogP contribution in [0.1, 0.15) is 18.1 Å². The molecule has 1 heterocycles. The Morgan fingerprint density at radius 2 is 1.75 bits per heavy atom. The minimum atomic E-state index is -0.825. The van der Waals surface area contributed by atoms with Crippen molar-refractivity contribution < 1.29 is 13.5 Å². The van der Waals surface area contributed by atoms with Crippen LogP contribution in [0.15, 0.2) is 42.5 Å². The molecule has 0 radical (unpaired) electrons. The van der Waals surface area contributed by atoms with E-state index in [9.17, 15) is 8.78 Å². The van der Waals surface area contributed by atoms with E-state index in [2.05, 4.69) is 6.92 Å². The van der Waals surface area contributed by atoms with Crippen LogP contribution in [0.2, 0.25) is 0 Å². The van der Waals surface area contributed by atoms with Gasteiger partial charge in [0.1, 0.15) is 5.75 Å². The number of hydrogen-bond acceptors (Lipinski definition) is 1. The van der Waals surface area contributed by atoms with Gasteiger partial charge in [-0.15, -0.1) is 0 Å². The molecule has 3 heteroatoms. The van der Waals surface area contributed by atoms with Crippen LogP contribution < -0.4 is 4.74 Å². The molecule has 0 saturated heterocycles. The average Bonchev–Trinajstić information content (AvgIpc) is 2.58. The van der Waals surface area contributed by atoms with Gasteiger partial charge in [-0.25, -0.2) is 8.78 Å². The molecule has 122 valence electrons. The van der Waals surface area contributed by atoms with E-state index in [0.29, 0.717) is 29.2 Å². The summed E-state index contributed by atoms with van der Waals surface area (Å²) in [6.45, 7) is 4.59. The third kappa shape index (κ3) is 2.35. The van der Waals surface area contributed by atoms with Crippen LogP contribution in [-0.4, -0.2) is 6.61 Å². The van der Waals surface area contributed by atoms with E-state index >= 15 is 0 Å². The first-order valence-corrected chi connectivity index (χ1v) is 8.18. The molecular formula is C21H18F2O. The van der Waals surface area contributed by atoms with Crippen LogP contribution in [-0.2, 0) is 6.42 Å². The molecule has 3 aromatic carbocycles. The number of aryl methyl sites for hydroxylation is 1. The molecule has 3 aromatic rings. The molecule has 0 spiro atoms. The first kappa shape index (κ1) is 15.1. The first-order valence-electron chi connectivity index (χ1n) is 8.18. The highest BCUT2D eigenvalue weighted by molar-refractivity contribution is 5.94. The van der Waals surface area contributed by atoms with Gasteiger partial charge in [-0.05, 0) is 41.8 Å². The fourth-order valence-corrected chi connectivity index (χ4v) is 3.36. The molecule has 0 fully saturated rings. The normalized spacial score (nSPS) is 16.8. The summed E-state index contributed by atoms with van der Waals surface area (Å²) in [5.41, 5.74) is 2.98. The first-order chi connectivity index (χ1) is 11.5.